The molecule has 0 saturated carbocycles. The topological polar surface area (TPSA) is 39.1 Å². The molecule has 0 spiro atoms. The third-order valence-corrected chi connectivity index (χ3v) is 4.68. The van der Waals surface area contributed by atoms with Crippen LogP contribution in [0.25, 0.3) is 0 Å². The van der Waals surface area contributed by atoms with Crippen molar-refractivity contribution < 1.29 is 4.74 Å². The average Bonchev–Trinajstić information content (AvgIpc) is 2.69. The minimum absolute atomic E-state index is 0.206. The lowest BCUT2D eigenvalue weighted by Gasteiger charge is -2.30. The molecule has 1 heterocycles. The quantitative estimate of drug-likeness (QED) is 0.786. The van der Waals surface area contributed by atoms with Gasteiger partial charge in [-0.1, -0.05) is 13.8 Å². The molecule has 0 saturated heterocycles. The summed E-state index contributed by atoms with van der Waals surface area (Å²) in [7, 11) is 2.01. The number of hydrogen-bond donors (Lipinski definition) is 1. The molecular weight excluding hydrogens is 318 g/mol. The van der Waals surface area contributed by atoms with E-state index in [1.165, 1.54) is 5.69 Å². The number of aromatic nitrogens is 2. The summed E-state index contributed by atoms with van der Waals surface area (Å²) >= 11 is 3.67. The monoisotopic (exact) mass is 345 g/mol. The van der Waals surface area contributed by atoms with Gasteiger partial charge in [-0.2, -0.15) is 5.10 Å². The average molecular weight is 346 g/mol. The molecule has 0 aliphatic carbocycles. The molecule has 0 aromatic carbocycles. The number of hydrogen-bond acceptors (Lipinski definition) is 3. The Bertz CT molecular complexity index is 417. The Kier molecular flexibility index (Phi) is 7.20. The molecule has 2 atom stereocenters. The highest BCUT2D eigenvalue weighted by Gasteiger charge is 2.26. The van der Waals surface area contributed by atoms with Crippen molar-refractivity contribution in [3.8, 4) is 0 Å². The van der Waals surface area contributed by atoms with Gasteiger partial charge in [0, 0.05) is 25.6 Å². The lowest BCUT2D eigenvalue weighted by molar-refractivity contribution is 0.00489. The largest absolute Gasteiger partial charge is 0.377 e. The smallest absolute Gasteiger partial charge is 0.0754 e. The molecule has 0 aliphatic heterocycles. The number of nitrogens with zero attached hydrogens (tertiary/aromatic N) is 2. The highest BCUT2D eigenvalue weighted by molar-refractivity contribution is 9.10. The van der Waals surface area contributed by atoms with Gasteiger partial charge >= 0.3 is 0 Å². The Morgan fingerprint density at radius 3 is 2.45 bits per heavy atom. The highest BCUT2D eigenvalue weighted by atomic mass is 79.9. The van der Waals surface area contributed by atoms with Crippen LogP contribution in [0.3, 0.4) is 0 Å². The number of aryl methyl sites for hydroxylation is 2. The predicted molar refractivity (Wildman–Crippen MR) is 87.1 cm³/mol. The van der Waals surface area contributed by atoms with Crippen LogP contribution in [0.15, 0.2) is 4.47 Å². The molecule has 0 aliphatic rings. The first kappa shape index (κ1) is 17.7. The van der Waals surface area contributed by atoms with Crippen molar-refractivity contribution in [3.05, 3.63) is 15.9 Å². The fourth-order valence-electron chi connectivity index (χ4n) is 2.62. The number of likely N-dealkylation sites (N-methyl/N-ethyl adjacent to an activating group) is 1. The summed E-state index contributed by atoms with van der Waals surface area (Å²) in [6.45, 7) is 12.3. The van der Waals surface area contributed by atoms with Gasteiger partial charge in [-0.05, 0) is 49.7 Å². The van der Waals surface area contributed by atoms with E-state index in [9.17, 15) is 0 Å². The van der Waals surface area contributed by atoms with E-state index in [1.54, 1.807) is 0 Å². The van der Waals surface area contributed by atoms with Gasteiger partial charge in [0.1, 0.15) is 0 Å². The molecule has 5 heteroatoms. The second kappa shape index (κ2) is 8.15. The maximum atomic E-state index is 5.94. The maximum Gasteiger partial charge on any atom is 0.0754 e. The van der Waals surface area contributed by atoms with Gasteiger partial charge in [0.05, 0.1) is 22.0 Å². The molecule has 2 unspecified atom stereocenters. The fraction of sp³-hybridized carbons (Fsp3) is 0.800. The molecule has 0 bridgehead atoms. The zero-order valence-electron chi connectivity index (χ0n) is 13.5. The minimum Gasteiger partial charge on any atom is -0.377 e. The van der Waals surface area contributed by atoms with Crippen LogP contribution < -0.4 is 5.32 Å². The van der Waals surface area contributed by atoms with E-state index >= 15 is 0 Å². The number of nitrogens with one attached hydrogen (secondary N) is 1. The van der Waals surface area contributed by atoms with Gasteiger partial charge in [-0.3, -0.25) is 4.68 Å². The molecule has 1 aromatic heterocycles. The molecule has 0 fully saturated rings. The third-order valence-electron chi connectivity index (χ3n) is 3.65. The van der Waals surface area contributed by atoms with E-state index in [0.717, 1.165) is 29.7 Å². The predicted octanol–water partition coefficient (Wildman–Crippen LogP) is 3.17. The van der Waals surface area contributed by atoms with E-state index in [4.69, 9.17) is 4.74 Å². The molecule has 1 aromatic rings. The fourth-order valence-corrected chi connectivity index (χ4v) is 3.07. The van der Waals surface area contributed by atoms with E-state index in [1.807, 2.05) is 14.0 Å². The molecule has 0 radical (unpaired) electrons. The van der Waals surface area contributed by atoms with Crippen LogP contribution >= 0.6 is 15.9 Å². The van der Waals surface area contributed by atoms with Crippen LogP contribution in [0, 0.1) is 12.8 Å². The van der Waals surface area contributed by atoms with Crippen LogP contribution in [-0.2, 0) is 17.7 Å². The molecule has 1 N–H and O–H groups in total. The second-order valence-electron chi connectivity index (χ2n) is 5.43. The Balaban J connectivity index is 2.97. The summed E-state index contributed by atoms with van der Waals surface area (Å²) in [6.07, 6.45) is 1.12. The van der Waals surface area contributed by atoms with Crippen molar-refractivity contribution in [1.82, 2.24) is 15.1 Å². The van der Waals surface area contributed by atoms with E-state index in [2.05, 4.69) is 58.7 Å². The van der Waals surface area contributed by atoms with Gasteiger partial charge in [-0.25, -0.2) is 0 Å². The SMILES string of the molecule is CCOC(C(C)C)C(Cc1c(Br)c(C)nn1CC)NC. The lowest BCUT2D eigenvalue weighted by atomic mass is 9.95. The summed E-state index contributed by atoms with van der Waals surface area (Å²) in [5, 5.41) is 7.99. The first-order valence-electron chi connectivity index (χ1n) is 7.46. The maximum absolute atomic E-state index is 5.94. The number of ether oxygens (including phenoxy) is 1. The standard InChI is InChI=1S/C15H28BrN3O/c1-7-19-13(14(16)11(5)18-19)9-12(17-6)15(10(3)4)20-8-2/h10,12,15,17H,7-9H2,1-6H3. The van der Waals surface area contributed by atoms with Crippen molar-refractivity contribution in [1.29, 1.82) is 0 Å². The Morgan fingerprint density at radius 1 is 1.35 bits per heavy atom. The van der Waals surface area contributed by atoms with Crippen molar-refractivity contribution in [2.75, 3.05) is 13.7 Å². The van der Waals surface area contributed by atoms with E-state index in [0.29, 0.717) is 5.92 Å². The summed E-state index contributed by atoms with van der Waals surface area (Å²) < 4.78 is 9.14. The van der Waals surface area contributed by atoms with Crippen molar-refractivity contribution in [3.63, 3.8) is 0 Å². The molecule has 20 heavy (non-hydrogen) atoms. The second-order valence-corrected chi connectivity index (χ2v) is 6.22. The lowest BCUT2D eigenvalue weighted by Crippen LogP contribution is -2.44. The van der Waals surface area contributed by atoms with E-state index in [-0.39, 0.29) is 12.1 Å². The number of rotatable bonds is 8. The first-order valence-corrected chi connectivity index (χ1v) is 8.26. The highest BCUT2D eigenvalue weighted by Crippen LogP contribution is 2.24. The summed E-state index contributed by atoms with van der Waals surface area (Å²) in [5.41, 5.74) is 2.30. The van der Waals surface area contributed by atoms with Crippen molar-refractivity contribution >= 4 is 15.9 Å². The molecular formula is C15H28BrN3O. The van der Waals surface area contributed by atoms with Crippen LogP contribution in [0.4, 0.5) is 0 Å². The van der Waals surface area contributed by atoms with Crippen LogP contribution in [0.1, 0.15) is 39.1 Å². The normalized spacial score (nSPS) is 14.8. The van der Waals surface area contributed by atoms with E-state index < -0.39 is 0 Å². The van der Waals surface area contributed by atoms with Crippen LogP contribution in [0.2, 0.25) is 0 Å². The Morgan fingerprint density at radius 2 is 2.00 bits per heavy atom. The summed E-state index contributed by atoms with van der Waals surface area (Å²) in [4.78, 5) is 0. The third kappa shape index (κ3) is 4.06. The molecule has 4 nitrogen and oxygen atoms in total. The van der Waals surface area contributed by atoms with Gasteiger partial charge < -0.3 is 10.1 Å². The van der Waals surface area contributed by atoms with Crippen LogP contribution in [-0.4, -0.2) is 35.6 Å². The zero-order valence-corrected chi connectivity index (χ0v) is 15.1. The van der Waals surface area contributed by atoms with Gasteiger partial charge in [0.2, 0.25) is 0 Å². The van der Waals surface area contributed by atoms with Gasteiger partial charge in [0.15, 0.2) is 0 Å². The minimum atomic E-state index is 0.206. The number of halogens is 1. The van der Waals surface area contributed by atoms with Crippen LogP contribution in [0.5, 0.6) is 0 Å². The molecule has 0 amide bonds. The van der Waals surface area contributed by atoms with Crippen molar-refractivity contribution in [2.45, 2.75) is 59.7 Å². The van der Waals surface area contributed by atoms with Gasteiger partial charge in [0.25, 0.3) is 0 Å². The van der Waals surface area contributed by atoms with Gasteiger partial charge in [-0.15, -0.1) is 0 Å². The molecule has 1 rings (SSSR count). The summed E-state index contributed by atoms with van der Waals surface area (Å²) in [6, 6.07) is 0.285. The zero-order chi connectivity index (χ0) is 15.3. The summed E-state index contributed by atoms with van der Waals surface area (Å²) in [5.74, 6) is 0.477. The molecule has 116 valence electrons. The van der Waals surface area contributed by atoms with Crippen molar-refractivity contribution in [2.24, 2.45) is 5.92 Å². The first-order chi connectivity index (χ1) is 9.46. The Hall–Kier alpha value is -0.390. The Labute approximate surface area is 131 Å².